The molecule has 2 rings (SSSR count). The highest BCUT2D eigenvalue weighted by molar-refractivity contribution is 5.81. The van der Waals surface area contributed by atoms with Crippen LogP contribution in [-0.2, 0) is 20.7 Å². The second-order valence-electron chi connectivity index (χ2n) is 6.93. The first-order valence-corrected chi connectivity index (χ1v) is 9.64. The van der Waals surface area contributed by atoms with Crippen molar-refractivity contribution in [2.45, 2.75) is 32.2 Å². The Hall–Kier alpha value is -2.12. The summed E-state index contributed by atoms with van der Waals surface area (Å²) in [5.41, 5.74) is 7.69. The van der Waals surface area contributed by atoms with E-state index in [4.69, 9.17) is 10.5 Å². The Morgan fingerprint density at radius 1 is 1.22 bits per heavy atom. The summed E-state index contributed by atoms with van der Waals surface area (Å²) in [6.07, 6.45) is 1.93. The SMILES string of the molecule is COCCCNC(=O)C(C)N1CCN(C(=O)CCc2ccccc2N)CC1. The number of carbonyl (C=O) groups is 2. The van der Waals surface area contributed by atoms with Crippen LogP contribution in [0.2, 0.25) is 0 Å². The van der Waals surface area contributed by atoms with Crippen molar-refractivity contribution in [1.29, 1.82) is 0 Å². The number of aryl methyl sites for hydroxylation is 1. The first-order valence-electron chi connectivity index (χ1n) is 9.64. The fourth-order valence-electron chi connectivity index (χ4n) is 3.26. The van der Waals surface area contributed by atoms with Gasteiger partial charge >= 0.3 is 0 Å². The molecule has 1 aromatic carbocycles. The van der Waals surface area contributed by atoms with E-state index in [2.05, 4.69) is 10.2 Å². The number of hydrogen-bond acceptors (Lipinski definition) is 5. The Morgan fingerprint density at radius 2 is 1.93 bits per heavy atom. The lowest BCUT2D eigenvalue weighted by Crippen LogP contribution is -2.55. The van der Waals surface area contributed by atoms with Crippen LogP contribution in [0.3, 0.4) is 0 Å². The molecule has 0 bridgehead atoms. The van der Waals surface area contributed by atoms with Crippen LogP contribution in [0.4, 0.5) is 5.69 Å². The maximum absolute atomic E-state index is 12.5. The number of nitrogens with one attached hydrogen (secondary N) is 1. The number of hydrogen-bond donors (Lipinski definition) is 2. The number of methoxy groups -OCH3 is 1. The molecule has 0 radical (unpaired) electrons. The summed E-state index contributed by atoms with van der Waals surface area (Å²) in [7, 11) is 1.65. The zero-order chi connectivity index (χ0) is 19.6. The molecule has 0 aromatic heterocycles. The summed E-state index contributed by atoms with van der Waals surface area (Å²) in [6.45, 7) is 5.93. The molecule has 0 aliphatic carbocycles. The molecule has 0 saturated carbocycles. The van der Waals surface area contributed by atoms with Gasteiger partial charge in [0.2, 0.25) is 11.8 Å². The van der Waals surface area contributed by atoms with Crippen molar-refractivity contribution >= 4 is 17.5 Å². The molecule has 7 nitrogen and oxygen atoms in total. The van der Waals surface area contributed by atoms with Crippen LogP contribution in [0, 0.1) is 0 Å². The zero-order valence-electron chi connectivity index (χ0n) is 16.4. The van der Waals surface area contributed by atoms with Crippen molar-refractivity contribution in [3.05, 3.63) is 29.8 Å². The van der Waals surface area contributed by atoms with Gasteiger partial charge in [0.1, 0.15) is 0 Å². The molecule has 3 N–H and O–H groups in total. The molecule has 1 aliphatic heterocycles. The molecule has 1 atom stereocenters. The van der Waals surface area contributed by atoms with Crippen molar-refractivity contribution in [1.82, 2.24) is 15.1 Å². The maximum atomic E-state index is 12.5. The van der Waals surface area contributed by atoms with Crippen molar-refractivity contribution < 1.29 is 14.3 Å². The minimum atomic E-state index is -0.186. The van der Waals surface area contributed by atoms with Crippen LogP contribution >= 0.6 is 0 Å². The van der Waals surface area contributed by atoms with Gasteiger partial charge in [-0.1, -0.05) is 18.2 Å². The predicted octanol–water partition coefficient (Wildman–Crippen LogP) is 0.887. The van der Waals surface area contributed by atoms with Crippen molar-refractivity contribution in [3.63, 3.8) is 0 Å². The van der Waals surface area contributed by atoms with Crippen LogP contribution in [-0.4, -0.2) is 74.1 Å². The first-order chi connectivity index (χ1) is 13.0. The van der Waals surface area contributed by atoms with Gasteiger partial charge in [-0.15, -0.1) is 0 Å². The smallest absolute Gasteiger partial charge is 0.237 e. The number of nitrogen functional groups attached to an aromatic ring is 1. The van der Waals surface area contributed by atoms with Gasteiger partial charge in [0.15, 0.2) is 0 Å². The number of nitrogens with two attached hydrogens (primary N) is 1. The summed E-state index contributed by atoms with van der Waals surface area (Å²) in [6, 6.07) is 7.48. The summed E-state index contributed by atoms with van der Waals surface area (Å²) in [4.78, 5) is 28.7. The Morgan fingerprint density at radius 3 is 2.59 bits per heavy atom. The number of nitrogens with zero attached hydrogens (tertiary/aromatic N) is 2. The van der Waals surface area contributed by atoms with Gasteiger partial charge < -0.3 is 20.7 Å². The topological polar surface area (TPSA) is 87.9 Å². The number of benzene rings is 1. The zero-order valence-corrected chi connectivity index (χ0v) is 16.4. The summed E-state index contributed by atoms with van der Waals surface area (Å²) in [5.74, 6) is 0.181. The van der Waals surface area contributed by atoms with E-state index in [1.807, 2.05) is 36.1 Å². The number of para-hydroxylation sites is 1. The number of piperazine rings is 1. The summed E-state index contributed by atoms with van der Waals surface area (Å²) < 4.78 is 4.98. The van der Waals surface area contributed by atoms with Crippen molar-refractivity contribution in [3.8, 4) is 0 Å². The van der Waals surface area contributed by atoms with Crippen LogP contribution in [0.5, 0.6) is 0 Å². The molecule has 1 unspecified atom stereocenters. The Balaban J connectivity index is 1.71. The number of anilines is 1. The fourth-order valence-corrected chi connectivity index (χ4v) is 3.26. The number of ether oxygens (including phenoxy) is 1. The first kappa shape index (κ1) is 21.2. The van der Waals surface area contributed by atoms with Gasteiger partial charge in [0, 0.05) is 58.5 Å². The highest BCUT2D eigenvalue weighted by atomic mass is 16.5. The highest BCUT2D eigenvalue weighted by Crippen LogP contribution is 2.14. The van der Waals surface area contributed by atoms with E-state index in [0.29, 0.717) is 52.2 Å². The average Bonchev–Trinajstić information content (AvgIpc) is 2.69. The minimum absolute atomic E-state index is 0.0328. The third kappa shape index (κ3) is 6.52. The molecular weight excluding hydrogens is 344 g/mol. The Kier molecular flexibility index (Phi) is 8.54. The van der Waals surface area contributed by atoms with Gasteiger partial charge in [-0.3, -0.25) is 14.5 Å². The molecule has 1 fully saturated rings. The van der Waals surface area contributed by atoms with Gasteiger partial charge in [0.05, 0.1) is 6.04 Å². The van der Waals surface area contributed by atoms with Gasteiger partial charge in [-0.2, -0.15) is 0 Å². The third-order valence-corrected chi connectivity index (χ3v) is 5.08. The van der Waals surface area contributed by atoms with E-state index >= 15 is 0 Å². The molecule has 27 heavy (non-hydrogen) atoms. The van der Waals surface area contributed by atoms with Crippen LogP contribution in [0.15, 0.2) is 24.3 Å². The van der Waals surface area contributed by atoms with E-state index in [-0.39, 0.29) is 17.9 Å². The lowest BCUT2D eigenvalue weighted by atomic mass is 10.1. The molecule has 0 spiro atoms. The molecule has 1 saturated heterocycles. The maximum Gasteiger partial charge on any atom is 0.237 e. The van der Waals surface area contributed by atoms with E-state index in [0.717, 1.165) is 17.7 Å². The van der Waals surface area contributed by atoms with E-state index in [1.165, 1.54) is 0 Å². The largest absolute Gasteiger partial charge is 0.399 e. The van der Waals surface area contributed by atoms with Gasteiger partial charge in [-0.05, 0) is 31.4 Å². The molecule has 1 aliphatic rings. The van der Waals surface area contributed by atoms with Crippen molar-refractivity contribution in [2.24, 2.45) is 0 Å². The van der Waals surface area contributed by atoms with E-state index < -0.39 is 0 Å². The second kappa shape index (κ2) is 10.9. The molecular formula is C20H32N4O3. The van der Waals surface area contributed by atoms with Gasteiger partial charge in [0.25, 0.3) is 0 Å². The van der Waals surface area contributed by atoms with Crippen LogP contribution in [0.25, 0.3) is 0 Å². The normalized spacial score (nSPS) is 16.1. The number of rotatable bonds is 9. The minimum Gasteiger partial charge on any atom is -0.399 e. The van der Waals surface area contributed by atoms with E-state index in [1.54, 1.807) is 7.11 Å². The monoisotopic (exact) mass is 376 g/mol. The standard InChI is InChI=1S/C20H32N4O3/c1-16(20(26)22-10-5-15-27-2)23-11-13-24(14-12-23)19(25)9-8-17-6-3-4-7-18(17)21/h3-4,6-7,16H,5,8-15,21H2,1-2H3,(H,22,26). The third-order valence-electron chi connectivity index (χ3n) is 5.08. The van der Waals surface area contributed by atoms with Crippen LogP contribution in [0.1, 0.15) is 25.3 Å². The quantitative estimate of drug-likeness (QED) is 0.494. The predicted molar refractivity (Wildman–Crippen MR) is 106 cm³/mol. The lowest BCUT2D eigenvalue weighted by Gasteiger charge is -2.37. The summed E-state index contributed by atoms with van der Waals surface area (Å²) in [5, 5.41) is 2.94. The Bertz CT molecular complexity index is 615. The highest BCUT2D eigenvalue weighted by Gasteiger charge is 2.27. The molecule has 2 amide bonds. The summed E-state index contributed by atoms with van der Waals surface area (Å²) >= 11 is 0. The fraction of sp³-hybridized carbons (Fsp3) is 0.600. The molecule has 1 aromatic rings. The van der Waals surface area contributed by atoms with Gasteiger partial charge in [-0.25, -0.2) is 0 Å². The Labute approximate surface area is 161 Å². The van der Waals surface area contributed by atoms with Crippen molar-refractivity contribution in [2.75, 3.05) is 52.2 Å². The second-order valence-corrected chi connectivity index (χ2v) is 6.93. The number of carbonyl (C=O) groups excluding carboxylic acids is 2. The lowest BCUT2D eigenvalue weighted by molar-refractivity contribution is -0.134. The van der Waals surface area contributed by atoms with E-state index in [9.17, 15) is 9.59 Å². The average molecular weight is 377 g/mol. The number of amides is 2. The van der Waals surface area contributed by atoms with Crippen LogP contribution < -0.4 is 11.1 Å². The molecule has 150 valence electrons. The molecule has 7 heteroatoms. The molecule has 1 heterocycles.